The van der Waals surface area contributed by atoms with Crippen molar-refractivity contribution in [1.29, 1.82) is 0 Å². The predicted octanol–water partition coefficient (Wildman–Crippen LogP) is 0.731. The van der Waals surface area contributed by atoms with Crippen molar-refractivity contribution in [3.05, 3.63) is 30.5 Å². The molecule has 2 aromatic rings. The van der Waals surface area contributed by atoms with Gasteiger partial charge in [0.2, 0.25) is 15.9 Å². The highest BCUT2D eigenvalue weighted by atomic mass is 32.2. The van der Waals surface area contributed by atoms with Gasteiger partial charge in [-0.05, 0) is 31.9 Å². The lowest BCUT2D eigenvalue weighted by atomic mass is 10.0. The molecule has 2 rings (SSSR count). The number of carbonyl (C=O) groups is 1. The van der Waals surface area contributed by atoms with Crippen molar-refractivity contribution in [1.82, 2.24) is 20.3 Å². The molecule has 1 aromatic carbocycles. The van der Waals surface area contributed by atoms with Crippen LogP contribution in [0.5, 0.6) is 0 Å². The monoisotopic (exact) mass is 409 g/mol. The number of carbonyl (C=O) groups excluding carboxylic acids is 3. The highest BCUT2D eigenvalue weighted by Gasteiger charge is 2.26. The molecule has 1 amide bonds. The number of primary sulfonamides is 1. The summed E-state index contributed by atoms with van der Waals surface area (Å²) < 4.78 is 24.2. The molecule has 28 heavy (non-hydrogen) atoms. The molecule has 0 aliphatic rings. The first-order valence-electron chi connectivity index (χ1n) is 8.36. The van der Waals surface area contributed by atoms with Crippen molar-refractivity contribution < 1.29 is 22.8 Å². The van der Waals surface area contributed by atoms with E-state index in [2.05, 4.69) is 15.6 Å². The summed E-state index contributed by atoms with van der Waals surface area (Å²) in [5.41, 5.74) is 1.23. The van der Waals surface area contributed by atoms with Crippen LogP contribution in [-0.4, -0.2) is 41.5 Å². The summed E-state index contributed by atoms with van der Waals surface area (Å²) in [6.07, 6.45) is 1.93. The van der Waals surface area contributed by atoms with E-state index in [0.717, 1.165) is 0 Å². The standard InChI is InChI=1S/C16H23N5O3S.CO2/c1-10(2)15(16(22)18-11(3)4)21-9-14(19-20-21)12-5-7-13(8-6-12)25(17,23)24;2-1-3/h5-11,15H,1-4H3,(H,18,22)(H2,17,23,24);/t15-;/m0./s1. The molecule has 0 saturated heterocycles. The van der Waals surface area contributed by atoms with Crippen LogP contribution in [0.4, 0.5) is 0 Å². The number of rotatable bonds is 6. The molecule has 0 fully saturated rings. The van der Waals surface area contributed by atoms with E-state index in [1.54, 1.807) is 18.3 Å². The van der Waals surface area contributed by atoms with E-state index in [0.29, 0.717) is 11.3 Å². The van der Waals surface area contributed by atoms with Crippen LogP contribution in [0.1, 0.15) is 33.7 Å². The predicted molar refractivity (Wildman–Crippen MR) is 99.0 cm³/mol. The molecule has 152 valence electrons. The number of hydrogen-bond acceptors (Lipinski definition) is 7. The molecule has 1 heterocycles. The number of nitrogens with two attached hydrogens (primary N) is 1. The molecule has 0 aliphatic heterocycles. The smallest absolute Gasteiger partial charge is 0.352 e. The summed E-state index contributed by atoms with van der Waals surface area (Å²) in [5, 5.41) is 16.2. The van der Waals surface area contributed by atoms with E-state index in [4.69, 9.17) is 14.7 Å². The van der Waals surface area contributed by atoms with Crippen LogP contribution in [0.3, 0.4) is 0 Å². The van der Waals surface area contributed by atoms with E-state index in [1.165, 1.54) is 16.8 Å². The molecule has 10 nitrogen and oxygen atoms in total. The van der Waals surface area contributed by atoms with E-state index in [9.17, 15) is 13.2 Å². The molecule has 0 spiro atoms. The van der Waals surface area contributed by atoms with Crippen LogP contribution in [0.25, 0.3) is 11.3 Å². The Balaban J connectivity index is 0.00000122. The molecular formula is C17H23N5O5S. The van der Waals surface area contributed by atoms with Gasteiger partial charge in [-0.1, -0.05) is 31.2 Å². The second-order valence-electron chi connectivity index (χ2n) is 6.59. The highest BCUT2D eigenvalue weighted by Crippen LogP contribution is 2.22. The van der Waals surface area contributed by atoms with Crippen molar-refractivity contribution >= 4 is 22.1 Å². The maximum absolute atomic E-state index is 12.4. The van der Waals surface area contributed by atoms with Gasteiger partial charge in [0, 0.05) is 11.6 Å². The zero-order valence-electron chi connectivity index (χ0n) is 16.0. The Morgan fingerprint density at radius 2 is 1.68 bits per heavy atom. The molecule has 0 aliphatic carbocycles. The van der Waals surface area contributed by atoms with Gasteiger partial charge >= 0.3 is 6.15 Å². The van der Waals surface area contributed by atoms with Crippen LogP contribution in [0.2, 0.25) is 0 Å². The third kappa shape index (κ3) is 6.38. The molecule has 1 aromatic heterocycles. The average Bonchev–Trinajstić information content (AvgIpc) is 3.03. The van der Waals surface area contributed by atoms with Gasteiger partial charge in [0.15, 0.2) is 0 Å². The first-order chi connectivity index (χ1) is 13.0. The molecular weight excluding hydrogens is 386 g/mol. The topological polar surface area (TPSA) is 154 Å². The summed E-state index contributed by atoms with van der Waals surface area (Å²) in [6, 6.07) is 5.58. The van der Waals surface area contributed by atoms with Crippen molar-refractivity contribution in [2.75, 3.05) is 0 Å². The molecule has 1 atom stereocenters. The second kappa shape index (κ2) is 9.88. The maximum atomic E-state index is 12.4. The summed E-state index contributed by atoms with van der Waals surface area (Å²) in [5.74, 6) is -0.0934. The van der Waals surface area contributed by atoms with Gasteiger partial charge in [-0.3, -0.25) is 4.79 Å². The highest BCUT2D eigenvalue weighted by molar-refractivity contribution is 7.89. The second-order valence-corrected chi connectivity index (χ2v) is 8.15. The molecule has 0 bridgehead atoms. The van der Waals surface area contributed by atoms with Crippen LogP contribution in [-0.2, 0) is 24.4 Å². The lowest BCUT2D eigenvalue weighted by Crippen LogP contribution is -2.39. The van der Waals surface area contributed by atoms with Gasteiger partial charge < -0.3 is 5.32 Å². The van der Waals surface area contributed by atoms with E-state index in [1.807, 2.05) is 27.7 Å². The maximum Gasteiger partial charge on any atom is 0.373 e. The largest absolute Gasteiger partial charge is 0.373 e. The lowest BCUT2D eigenvalue weighted by Gasteiger charge is -2.21. The van der Waals surface area contributed by atoms with Gasteiger partial charge in [-0.15, -0.1) is 5.10 Å². The van der Waals surface area contributed by atoms with E-state index < -0.39 is 16.1 Å². The van der Waals surface area contributed by atoms with E-state index in [-0.39, 0.29) is 28.9 Å². The average molecular weight is 409 g/mol. The normalized spacial score (nSPS) is 12.1. The number of sulfonamides is 1. The summed E-state index contributed by atoms with van der Waals surface area (Å²) in [7, 11) is -3.74. The van der Waals surface area contributed by atoms with Gasteiger partial charge in [0.1, 0.15) is 11.7 Å². The Labute approximate surface area is 163 Å². The quantitative estimate of drug-likeness (QED) is 0.712. The number of amides is 1. The van der Waals surface area contributed by atoms with Gasteiger partial charge in [0.25, 0.3) is 0 Å². The minimum absolute atomic E-state index is 0.0260. The number of aromatic nitrogens is 3. The Hall–Kier alpha value is -2.88. The number of benzene rings is 1. The lowest BCUT2D eigenvalue weighted by molar-refractivity contribution is -0.191. The zero-order chi connectivity index (χ0) is 21.5. The van der Waals surface area contributed by atoms with Gasteiger partial charge in [0.05, 0.1) is 11.1 Å². The fourth-order valence-electron chi connectivity index (χ4n) is 2.46. The summed E-state index contributed by atoms with van der Waals surface area (Å²) >= 11 is 0. The number of nitrogens with zero attached hydrogens (tertiary/aromatic N) is 3. The molecule has 0 saturated carbocycles. The van der Waals surface area contributed by atoms with Gasteiger partial charge in [-0.25, -0.2) is 18.2 Å². The summed E-state index contributed by atoms with van der Waals surface area (Å²) in [6.45, 7) is 7.67. The van der Waals surface area contributed by atoms with Crippen LogP contribution >= 0.6 is 0 Å². The Morgan fingerprint density at radius 1 is 1.14 bits per heavy atom. The van der Waals surface area contributed by atoms with Crippen molar-refractivity contribution in [2.45, 2.75) is 44.7 Å². The van der Waals surface area contributed by atoms with Crippen LogP contribution in [0.15, 0.2) is 35.4 Å². The molecule has 3 N–H and O–H groups in total. The molecule has 0 radical (unpaired) electrons. The third-order valence-corrected chi connectivity index (χ3v) is 4.53. The Bertz CT molecular complexity index is 929. The SMILES string of the molecule is CC(C)NC(=O)[C@H](C(C)C)n1cc(-c2ccc(S(N)(=O)=O)cc2)nn1.O=C=O. The minimum Gasteiger partial charge on any atom is -0.352 e. The Kier molecular flexibility index (Phi) is 8.17. The summed E-state index contributed by atoms with van der Waals surface area (Å²) in [4.78, 5) is 28.7. The van der Waals surface area contributed by atoms with Gasteiger partial charge in [-0.2, -0.15) is 9.59 Å². The first kappa shape index (κ1) is 23.2. The molecule has 11 heteroatoms. The first-order valence-corrected chi connectivity index (χ1v) is 9.90. The van der Waals surface area contributed by atoms with Crippen molar-refractivity contribution in [3.63, 3.8) is 0 Å². The zero-order valence-corrected chi connectivity index (χ0v) is 16.8. The fraction of sp³-hybridized carbons (Fsp3) is 0.412. The third-order valence-electron chi connectivity index (χ3n) is 3.60. The van der Waals surface area contributed by atoms with E-state index >= 15 is 0 Å². The number of hydrogen-bond donors (Lipinski definition) is 2. The van der Waals surface area contributed by atoms with Crippen LogP contribution in [0, 0.1) is 5.92 Å². The Morgan fingerprint density at radius 3 is 2.11 bits per heavy atom. The van der Waals surface area contributed by atoms with Crippen molar-refractivity contribution in [2.24, 2.45) is 11.1 Å². The number of nitrogens with one attached hydrogen (secondary N) is 1. The minimum atomic E-state index is -3.74. The molecule has 0 unspecified atom stereocenters. The van der Waals surface area contributed by atoms with Crippen LogP contribution < -0.4 is 10.5 Å². The fourth-order valence-corrected chi connectivity index (χ4v) is 2.97. The van der Waals surface area contributed by atoms with Crippen molar-refractivity contribution in [3.8, 4) is 11.3 Å².